The van der Waals surface area contributed by atoms with Gasteiger partial charge in [0, 0.05) is 5.56 Å². The van der Waals surface area contributed by atoms with Gasteiger partial charge in [0.15, 0.2) is 7.05 Å². The first-order chi connectivity index (χ1) is 9.66. The number of hydrazine groups is 1. The number of nitrogens with zero attached hydrogens (tertiary/aromatic N) is 2. The number of halogens is 1. The molecule has 1 unspecified atom stereocenters. The summed E-state index contributed by atoms with van der Waals surface area (Å²) in [6.07, 6.45) is 0.889. The van der Waals surface area contributed by atoms with E-state index in [0.717, 1.165) is 12.0 Å². The van der Waals surface area contributed by atoms with Crippen molar-refractivity contribution in [1.29, 1.82) is 0 Å². The number of rotatable bonds is 2. The molecule has 0 amide bonds. The van der Waals surface area contributed by atoms with Crippen LogP contribution in [0.3, 0.4) is 0 Å². The van der Waals surface area contributed by atoms with E-state index < -0.39 is 0 Å². The largest absolute Gasteiger partial charge is 0.215 e. The van der Waals surface area contributed by atoms with Gasteiger partial charge in [0.25, 0.3) is 0 Å². The number of benzene rings is 2. The number of hydrogen-bond acceptors (Lipinski definition) is 1. The summed E-state index contributed by atoms with van der Waals surface area (Å²) in [5, 5.41) is 2.16. The van der Waals surface area contributed by atoms with E-state index in [9.17, 15) is 4.39 Å². The molecule has 0 saturated heterocycles. The Morgan fingerprint density at radius 1 is 1.10 bits per heavy atom. The summed E-state index contributed by atoms with van der Waals surface area (Å²) in [5.41, 5.74) is 3.51. The molecule has 0 fully saturated rings. The third-order valence-corrected chi connectivity index (χ3v) is 4.04. The van der Waals surface area contributed by atoms with Gasteiger partial charge in [0.1, 0.15) is 11.9 Å². The average molecular weight is 269 g/mol. The highest BCUT2D eigenvalue weighted by atomic mass is 19.1. The molecular weight excluding hydrogens is 251 g/mol. The number of hydrogen-bond donors (Lipinski definition) is 0. The predicted molar refractivity (Wildman–Crippen MR) is 78.3 cm³/mol. The lowest BCUT2D eigenvalue weighted by atomic mass is 9.98. The van der Waals surface area contributed by atoms with E-state index >= 15 is 0 Å². The lowest BCUT2D eigenvalue weighted by molar-refractivity contribution is -0.660. The molecule has 102 valence electrons. The van der Waals surface area contributed by atoms with Crippen LogP contribution in [0.1, 0.15) is 23.6 Å². The molecule has 1 heterocycles. The predicted octanol–water partition coefficient (Wildman–Crippen LogP) is 3.25. The van der Waals surface area contributed by atoms with Gasteiger partial charge in [-0.2, -0.15) is 5.01 Å². The van der Waals surface area contributed by atoms with E-state index in [-0.39, 0.29) is 11.9 Å². The highest BCUT2D eigenvalue weighted by molar-refractivity contribution is 5.97. The summed E-state index contributed by atoms with van der Waals surface area (Å²) in [6, 6.07) is 17.4. The molecule has 0 aromatic heterocycles. The Labute approximate surface area is 118 Å². The van der Waals surface area contributed by atoms with Gasteiger partial charge < -0.3 is 0 Å². The number of hydrazone groups is 1. The summed E-state index contributed by atoms with van der Waals surface area (Å²) in [4.78, 5) is 0. The molecular formula is C17H18FN2+. The van der Waals surface area contributed by atoms with E-state index in [2.05, 4.69) is 28.9 Å². The molecule has 2 aromatic carbocycles. The lowest BCUT2D eigenvalue weighted by Gasteiger charge is -2.17. The molecule has 0 aliphatic carbocycles. The second-order valence-corrected chi connectivity index (χ2v) is 5.18. The maximum atomic E-state index is 13.4. The zero-order chi connectivity index (χ0) is 14.1. The van der Waals surface area contributed by atoms with E-state index in [1.807, 2.05) is 31.3 Å². The Hall–Kier alpha value is -2.16. The maximum Gasteiger partial charge on any atom is 0.215 e. The Morgan fingerprint density at radius 2 is 1.85 bits per heavy atom. The topological polar surface area (TPSA) is 6.25 Å². The first kappa shape index (κ1) is 12.9. The molecule has 3 rings (SSSR count). The van der Waals surface area contributed by atoms with Gasteiger partial charge in [0.05, 0.1) is 13.5 Å². The van der Waals surface area contributed by atoms with Crippen LogP contribution in [0.4, 0.5) is 4.39 Å². The summed E-state index contributed by atoms with van der Waals surface area (Å²) >= 11 is 0. The Morgan fingerprint density at radius 3 is 2.55 bits per heavy atom. The van der Waals surface area contributed by atoms with Crippen LogP contribution in [0.15, 0.2) is 54.6 Å². The van der Waals surface area contributed by atoms with Crippen molar-refractivity contribution >= 4 is 5.71 Å². The fourth-order valence-electron chi connectivity index (χ4n) is 2.83. The normalized spacial score (nSPS) is 18.8. The molecule has 1 aliphatic rings. The van der Waals surface area contributed by atoms with Crippen molar-refractivity contribution in [2.24, 2.45) is 0 Å². The minimum absolute atomic E-state index is 0.174. The van der Waals surface area contributed by atoms with Gasteiger partial charge in [-0.3, -0.25) is 0 Å². The van der Waals surface area contributed by atoms with Gasteiger partial charge in [0.2, 0.25) is 5.71 Å². The summed E-state index contributed by atoms with van der Waals surface area (Å²) in [6.45, 7) is 0. The second-order valence-electron chi connectivity index (χ2n) is 5.18. The van der Waals surface area contributed by atoms with Crippen LogP contribution in [0, 0.1) is 5.82 Å². The maximum absolute atomic E-state index is 13.4. The first-order valence-corrected chi connectivity index (χ1v) is 6.80. The van der Waals surface area contributed by atoms with Gasteiger partial charge >= 0.3 is 0 Å². The van der Waals surface area contributed by atoms with Crippen molar-refractivity contribution in [2.75, 3.05) is 14.1 Å². The van der Waals surface area contributed by atoms with Crippen LogP contribution in [0.25, 0.3) is 0 Å². The smallest absolute Gasteiger partial charge is 0.207 e. The summed E-state index contributed by atoms with van der Waals surface area (Å²) in [7, 11) is 4.10. The van der Waals surface area contributed by atoms with E-state index in [4.69, 9.17) is 0 Å². The summed E-state index contributed by atoms with van der Waals surface area (Å²) < 4.78 is 15.6. The van der Waals surface area contributed by atoms with E-state index in [1.54, 1.807) is 12.1 Å². The average Bonchev–Trinajstić information content (AvgIpc) is 2.76. The molecule has 3 heteroatoms. The molecule has 0 radical (unpaired) electrons. The van der Waals surface area contributed by atoms with Crippen molar-refractivity contribution in [3.63, 3.8) is 0 Å². The van der Waals surface area contributed by atoms with Crippen LogP contribution < -0.4 is 0 Å². The third kappa shape index (κ3) is 2.20. The second kappa shape index (κ2) is 5.08. The molecule has 0 N–H and O–H groups in total. The standard InChI is InChI=1S/C17H18FN2/c1-19-16(13-7-4-3-5-8-13)12-17(20(19)2)14-9-6-10-15(18)11-14/h3-11,17H,12H2,1-2H3/q+1. The molecule has 0 saturated carbocycles. The third-order valence-electron chi connectivity index (χ3n) is 4.04. The lowest BCUT2D eigenvalue weighted by Crippen LogP contribution is -2.27. The van der Waals surface area contributed by atoms with Crippen molar-refractivity contribution < 1.29 is 9.07 Å². The van der Waals surface area contributed by atoms with E-state index in [1.165, 1.54) is 17.3 Å². The first-order valence-electron chi connectivity index (χ1n) is 6.80. The Balaban J connectivity index is 1.94. The van der Waals surface area contributed by atoms with Crippen LogP contribution in [-0.4, -0.2) is 29.5 Å². The van der Waals surface area contributed by atoms with Gasteiger partial charge in [-0.15, -0.1) is 4.68 Å². The SMILES string of the molecule is CN1C(c2cccc(F)c2)CC(c2ccccc2)=[N+]1C. The highest BCUT2D eigenvalue weighted by Gasteiger charge is 2.36. The van der Waals surface area contributed by atoms with Gasteiger partial charge in [-0.1, -0.05) is 30.3 Å². The van der Waals surface area contributed by atoms with Crippen molar-refractivity contribution in [2.45, 2.75) is 12.5 Å². The minimum atomic E-state index is -0.174. The van der Waals surface area contributed by atoms with Crippen LogP contribution in [0.2, 0.25) is 0 Å². The zero-order valence-corrected chi connectivity index (χ0v) is 11.8. The quantitative estimate of drug-likeness (QED) is 0.759. The van der Waals surface area contributed by atoms with Crippen molar-refractivity contribution in [1.82, 2.24) is 5.01 Å². The highest BCUT2D eigenvalue weighted by Crippen LogP contribution is 2.30. The minimum Gasteiger partial charge on any atom is -0.207 e. The van der Waals surface area contributed by atoms with Crippen LogP contribution in [0.5, 0.6) is 0 Å². The Kier molecular flexibility index (Phi) is 3.26. The molecule has 2 aromatic rings. The fourth-order valence-corrected chi connectivity index (χ4v) is 2.83. The van der Waals surface area contributed by atoms with Crippen molar-refractivity contribution in [3.8, 4) is 0 Å². The van der Waals surface area contributed by atoms with Crippen LogP contribution in [-0.2, 0) is 0 Å². The monoisotopic (exact) mass is 269 g/mol. The molecule has 20 heavy (non-hydrogen) atoms. The summed E-state index contributed by atoms with van der Waals surface area (Å²) in [5.74, 6) is -0.174. The molecule has 1 aliphatic heterocycles. The Bertz CT molecular complexity index is 649. The van der Waals surface area contributed by atoms with Gasteiger partial charge in [-0.25, -0.2) is 4.39 Å². The fraction of sp³-hybridized carbons (Fsp3) is 0.235. The van der Waals surface area contributed by atoms with Gasteiger partial charge in [-0.05, 0) is 29.8 Å². The zero-order valence-electron chi connectivity index (χ0n) is 11.8. The molecule has 0 spiro atoms. The molecule has 1 atom stereocenters. The van der Waals surface area contributed by atoms with Crippen LogP contribution >= 0.6 is 0 Å². The molecule has 2 nitrogen and oxygen atoms in total. The van der Waals surface area contributed by atoms with Crippen molar-refractivity contribution in [3.05, 3.63) is 71.5 Å². The molecule has 0 bridgehead atoms. The van der Waals surface area contributed by atoms with E-state index in [0.29, 0.717) is 0 Å².